The van der Waals surface area contributed by atoms with Gasteiger partial charge in [-0.3, -0.25) is 0 Å². The molecule has 0 aliphatic heterocycles. The summed E-state index contributed by atoms with van der Waals surface area (Å²) in [5, 5.41) is 3.18. The number of benzene rings is 2. The molecule has 0 heterocycles. The van der Waals surface area contributed by atoms with E-state index in [1.165, 1.54) is 16.3 Å². The quantitative estimate of drug-likeness (QED) is 0.440. The minimum atomic E-state index is -1.55. The van der Waals surface area contributed by atoms with Crippen LogP contribution in [0.2, 0.25) is 13.1 Å². The first kappa shape index (κ1) is 22.0. The van der Waals surface area contributed by atoms with Crippen LogP contribution >= 0.6 is 0 Å². The zero-order valence-electron chi connectivity index (χ0n) is 12.5. The molecule has 0 nitrogen and oxygen atoms in total. The van der Waals surface area contributed by atoms with Crippen LogP contribution in [0, 0.1) is 0 Å². The first-order chi connectivity index (χ1) is 9.10. The minimum Gasteiger partial charge on any atom is -1.00 e. The van der Waals surface area contributed by atoms with Crippen LogP contribution in [0.5, 0.6) is 0 Å². The van der Waals surface area contributed by atoms with Crippen molar-refractivity contribution in [1.29, 1.82) is 0 Å². The fraction of sp³-hybridized carbons (Fsp3) is 0.176. The molecule has 0 saturated carbocycles. The molecule has 0 fully saturated rings. The van der Waals surface area contributed by atoms with E-state index < -0.39 is 8.07 Å². The van der Waals surface area contributed by atoms with E-state index in [9.17, 15) is 0 Å². The molecular weight excluding hydrogens is 386 g/mol. The van der Waals surface area contributed by atoms with Crippen LogP contribution in [0.25, 0.3) is 6.08 Å². The Morgan fingerprint density at radius 1 is 0.818 bits per heavy atom. The van der Waals surface area contributed by atoms with E-state index in [1.54, 1.807) is 5.20 Å². The Kier molecular flexibility index (Phi) is 8.72. The summed E-state index contributed by atoms with van der Waals surface area (Å²) in [7, 11) is -1.55. The zero-order valence-corrected chi connectivity index (χ0v) is 17.3. The number of rotatable bonds is 2. The van der Waals surface area contributed by atoms with Crippen LogP contribution < -0.4 is 42.4 Å². The molecule has 0 aromatic heterocycles. The summed E-state index contributed by atoms with van der Waals surface area (Å²) >= 11 is 2.36. The zero-order chi connectivity index (χ0) is 13.5. The SMILES string of the molecule is C[Si](C)(C1=Cc2ccccc2[CH]1[Ti+3])c1ccccc1.[Cl-].[Cl-].[Cl-]. The Morgan fingerprint density at radius 2 is 1.36 bits per heavy atom. The van der Waals surface area contributed by atoms with Gasteiger partial charge < -0.3 is 37.2 Å². The summed E-state index contributed by atoms with van der Waals surface area (Å²) in [6.07, 6.45) is 2.44. The molecule has 0 bridgehead atoms. The molecule has 114 valence electrons. The molecule has 1 aliphatic rings. The molecule has 1 unspecified atom stereocenters. The van der Waals surface area contributed by atoms with Crippen molar-refractivity contribution in [1.82, 2.24) is 0 Å². The third-order valence-corrected chi connectivity index (χ3v) is 9.22. The molecule has 0 radical (unpaired) electrons. The van der Waals surface area contributed by atoms with Crippen molar-refractivity contribution in [3.63, 3.8) is 0 Å². The van der Waals surface area contributed by atoms with Crippen LogP contribution in [-0.2, 0) is 20.4 Å². The van der Waals surface area contributed by atoms with Gasteiger partial charge in [-0.1, -0.05) is 0 Å². The smallest absolute Gasteiger partial charge is 1.00 e. The van der Waals surface area contributed by atoms with Gasteiger partial charge in [-0.05, 0) is 0 Å². The second kappa shape index (κ2) is 8.73. The van der Waals surface area contributed by atoms with Crippen LogP contribution in [0.1, 0.15) is 15.3 Å². The van der Waals surface area contributed by atoms with Gasteiger partial charge in [0.15, 0.2) is 0 Å². The van der Waals surface area contributed by atoms with E-state index in [1.807, 2.05) is 0 Å². The van der Waals surface area contributed by atoms with Gasteiger partial charge in [-0.25, -0.2) is 0 Å². The summed E-state index contributed by atoms with van der Waals surface area (Å²) < 4.78 is 0.568. The normalized spacial score (nSPS) is 15.6. The van der Waals surface area contributed by atoms with Gasteiger partial charge in [0.1, 0.15) is 0 Å². The van der Waals surface area contributed by atoms with Gasteiger partial charge in [0.25, 0.3) is 0 Å². The molecule has 22 heavy (non-hydrogen) atoms. The maximum atomic E-state index is 2.47. The maximum Gasteiger partial charge on any atom is -1.00 e. The molecule has 1 aliphatic carbocycles. The number of fused-ring (bicyclic) bond motifs is 1. The molecule has 0 spiro atoms. The fourth-order valence-corrected chi connectivity index (χ4v) is 7.87. The molecule has 2 aromatic rings. The molecular formula is C17H17Cl3SiTi. The third kappa shape index (κ3) is 3.90. The number of hydrogen-bond acceptors (Lipinski definition) is 0. The first-order valence-electron chi connectivity index (χ1n) is 6.68. The van der Waals surface area contributed by atoms with Crippen LogP contribution in [-0.4, -0.2) is 8.07 Å². The van der Waals surface area contributed by atoms with E-state index in [0.29, 0.717) is 4.22 Å². The van der Waals surface area contributed by atoms with E-state index in [0.717, 1.165) is 0 Å². The van der Waals surface area contributed by atoms with E-state index in [2.05, 4.69) is 94.2 Å². The Balaban J connectivity index is 0.00000147. The Hall–Kier alpha value is -0.0188. The Morgan fingerprint density at radius 3 is 1.95 bits per heavy atom. The summed E-state index contributed by atoms with van der Waals surface area (Å²) in [5.41, 5.74) is 2.91. The van der Waals surface area contributed by atoms with E-state index in [-0.39, 0.29) is 37.2 Å². The van der Waals surface area contributed by atoms with Crippen molar-refractivity contribution in [3.8, 4) is 0 Å². The first-order valence-corrected chi connectivity index (χ1v) is 10.6. The molecule has 5 heteroatoms. The summed E-state index contributed by atoms with van der Waals surface area (Å²) in [6.45, 7) is 4.94. The molecule has 0 saturated heterocycles. The topological polar surface area (TPSA) is 0 Å². The van der Waals surface area contributed by atoms with Gasteiger partial charge in [-0.15, -0.1) is 0 Å². The third-order valence-electron chi connectivity index (χ3n) is 4.15. The van der Waals surface area contributed by atoms with Gasteiger partial charge in [0.05, 0.1) is 0 Å². The van der Waals surface area contributed by atoms with E-state index in [4.69, 9.17) is 0 Å². The monoisotopic (exact) mass is 402 g/mol. The van der Waals surface area contributed by atoms with Crippen molar-refractivity contribution >= 4 is 19.3 Å². The molecule has 0 N–H and O–H groups in total. The molecule has 1 atom stereocenters. The van der Waals surface area contributed by atoms with Crippen molar-refractivity contribution in [2.45, 2.75) is 17.3 Å². The standard InChI is InChI=1S/C17H17Si.3ClH.Ti/c1-18(2,16-10-4-3-5-11-16)17-12-14-8-6-7-9-15(14)13-17;;;;/h3-13H,1-2H3;3*1H;/q;;;;+3/p-3. The van der Waals surface area contributed by atoms with Crippen LogP contribution in [0.15, 0.2) is 59.8 Å². The second-order valence-corrected chi connectivity index (χ2v) is 11.0. The van der Waals surface area contributed by atoms with Gasteiger partial charge in [0, 0.05) is 0 Å². The summed E-state index contributed by atoms with van der Waals surface area (Å²) in [6, 6.07) is 19.8. The average Bonchev–Trinajstić information content (AvgIpc) is 2.78. The number of hydrogen-bond donors (Lipinski definition) is 0. The van der Waals surface area contributed by atoms with Crippen LogP contribution in [0.4, 0.5) is 0 Å². The minimum absolute atomic E-state index is 0. The number of allylic oxidation sites excluding steroid dienone is 1. The van der Waals surface area contributed by atoms with Crippen molar-refractivity contribution in [3.05, 3.63) is 70.9 Å². The second-order valence-electron chi connectivity index (χ2n) is 5.65. The fourth-order valence-electron chi connectivity index (χ4n) is 2.89. The van der Waals surface area contributed by atoms with Gasteiger partial charge in [0.2, 0.25) is 0 Å². The predicted molar refractivity (Wildman–Crippen MR) is 80.7 cm³/mol. The largest absolute Gasteiger partial charge is 1.00 e. The van der Waals surface area contributed by atoms with Gasteiger partial charge >= 0.3 is 128 Å². The summed E-state index contributed by atoms with van der Waals surface area (Å²) in [4.78, 5) is 0. The predicted octanol–water partition coefficient (Wildman–Crippen LogP) is -5.16. The van der Waals surface area contributed by atoms with E-state index >= 15 is 0 Å². The van der Waals surface area contributed by atoms with Crippen molar-refractivity contribution in [2.75, 3.05) is 0 Å². The van der Waals surface area contributed by atoms with Gasteiger partial charge in [-0.2, -0.15) is 0 Å². The molecule has 3 rings (SSSR count). The molecule has 2 aromatic carbocycles. The Bertz CT molecular complexity index is 641. The summed E-state index contributed by atoms with van der Waals surface area (Å²) in [5.74, 6) is 0. The average molecular weight is 404 g/mol. The van der Waals surface area contributed by atoms with Crippen LogP contribution in [0.3, 0.4) is 0 Å². The van der Waals surface area contributed by atoms with Crippen molar-refractivity contribution in [2.24, 2.45) is 0 Å². The number of halogens is 3. The molecule has 0 amide bonds. The van der Waals surface area contributed by atoms with Crippen molar-refractivity contribution < 1.29 is 57.7 Å². The Labute approximate surface area is 164 Å². The maximum absolute atomic E-state index is 2.47.